The molecule has 1 rings (SSSR count). The lowest BCUT2D eigenvalue weighted by molar-refractivity contribution is 0.268. The van der Waals surface area contributed by atoms with Gasteiger partial charge in [0.05, 0.1) is 12.2 Å². The van der Waals surface area contributed by atoms with Crippen molar-refractivity contribution in [3.05, 3.63) is 11.3 Å². The van der Waals surface area contributed by atoms with Gasteiger partial charge in [0.2, 0.25) is 0 Å². The Bertz CT molecular complexity index is 273. The molecule has 0 bridgehead atoms. The third kappa shape index (κ3) is 1.43. The Morgan fingerprint density at radius 1 is 1.50 bits per heavy atom. The van der Waals surface area contributed by atoms with Crippen molar-refractivity contribution in [1.29, 1.82) is 0 Å². The lowest BCUT2D eigenvalue weighted by Crippen LogP contribution is -2.12. The third-order valence-electron chi connectivity index (χ3n) is 1.66. The Labute approximate surface area is 71.4 Å². The van der Waals surface area contributed by atoms with Gasteiger partial charge in [-0.3, -0.25) is 0 Å². The Morgan fingerprint density at radius 2 is 2.08 bits per heavy atom. The van der Waals surface area contributed by atoms with Crippen LogP contribution in [-0.2, 0) is 12.0 Å². The van der Waals surface area contributed by atoms with E-state index in [1.165, 1.54) is 0 Å². The molecule has 0 spiro atoms. The van der Waals surface area contributed by atoms with E-state index in [1.54, 1.807) is 0 Å². The number of hydrogen-bond acceptors (Lipinski definition) is 4. The number of aliphatic hydroxyl groups is 1. The fourth-order valence-corrected chi connectivity index (χ4v) is 1.06. The minimum atomic E-state index is -0.164. The first-order chi connectivity index (χ1) is 5.46. The lowest BCUT2D eigenvalue weighted by atomic mass is 9.90. The molecule has 0 amide bonds. The fraction of sp³-hybridized carbons (Fsp3) is 0.625. The molecule has 3 N–H and O–H groups in total. The van der Waals surface area contributed by atoms with Crippen LogP contribution in [0.3, 0.4) is 0 Å². The average molecular weight is 170 g/mol. The second-order valence-electron chi connectivity index (χ2n) is 3.78. The average Bonchev–Trinajstić information content (AvgIpc) is 2.29. The van der Waals surface area contributed by atoms with Crippen LogP contribution in [0.2, 0.25) is 0 Å². The number of rotatable bonds is 1. The van der Waals surface area contributed by atoms with Gasteiger partial charge >= 0.3 is 0 Å². The molecule has 4 nitrogen and oxygen atoms in total. The number of nitrogens with zero attached hydrogens (tertiary/aromatic N) is 1. The number of hydrogen-bond donors (Lipinski definition) is 2. The van der Waals surface area contributed by atoms with Crippen molar-refractivity contribution in [3.63, 3.8) is 0 Å². The summed E-state index contributed by atoms with van der Waals surface area (Å²) in [6, 6.07) is 0. The van der Waals surface area contributed by atoms with E-state index in [2.05, 4.69) is 5.16 Å². The van der Waals surface area contributed by atoms with Crippen LogP contribution < -0.4 is 5.73 Å². The van der Waals surface area contributed by atoms with Crippen molar-refractivity contribution in [2.45, 2.75) is 32.8 Å². The number of aromatic nitrogens is 1. The first-order valence-electron chi connectivity index (χ1n) is 3.82. The number of anilines is 1. The summed E-state index contributed by atoms with van der Waals surface area (Å²) >= 11 is 0. The van der Waals surface area contributed by atoms with Crippen LogP contribution in [0.5, 0.6) is 0 Å². The van der Waals surface area contributed by atoms with Crippen LogP contribution in [-0.4, -0.2) is 10.3 Å². The van der Waals surface area contributed by atoms with Gasteiger partial charge in [0.1, 0.15) is 5.76 Å². The third-order valence-corrected chi connectivity index (χ3v) is 1.66. The smallest absolute Gasteiger partial charge is 0.172 e. The van der Waals surface area contributed by atoms with Gasteiger partial charge in [-0.1, -0.05) is 25.9 Å². The van der Waals surface area contributed by atoms with E-state index in [0.29, 0.717) is 11.3 Å². The largest absolute Gasteiger partial charge is 0.391 e. The van der Waals surface area contributed by atoms with Gasteiger partial charge in [-0.2, -0.15) is 0 Å². The van der Waals surface area contributed by atoms with Crippen LogP contribution in [0.15, 0.2) is 4.52 Å². The van der Waals surface area contributed by atoms with Gasteiger partial charge in [0.15, 0.2) is 5.82 Å². The molecule has 0 aliphatic rings. The SMILES string of the molecule is CC(C)(C)c1onc(N)c1CO. The molecule has 0 saturated carbocycles. The topological polar surface area (TPSA) is 72.3 Å². The summed E-state index contributed by atoms with van der Waals surface area (Å²) in [6.07, 6.45) is 0. The predicted octanol–water partition coefficient (Wildman–Crippen LogP) is 1.05. The van der Waals surface area contributed by atoms with E-state index in [1.807, 2.05) is 20.8 Å². The van der Waals surface area contributed by atoms with Crippen molar-refractivity contribution in [3.8, 4) is 0 Å². The van der Waals surface area contributed by atoms with Crippen molar-refractivity contribution < 1.29 is 9.63 Å². The van der Waals surface area contributed by atoms with Gasteiger partial charge in [0.25, 0.3) is 0 Å². The minimum absolute atomic E-state index is 0.123. The van der Waals surface area contributed by atoms with Gasteiger partial charge < -0.3 is 15.4 Å². The van der Waals surface area contributed by atoms with E-state index in [0.717, 1.165) is 0 Å². The van der Waals surface area contributed by atoms with Gasteiger partial charge in [-0.15, -0.1) is 0 Å². The molecule has 0 aliphatic carbocycles. The molecule has 12 heavy (non-hydrogen) atoms. The molecule has 4 heteroatoms. The summed E-state index contributed by atoms with van der Waals surface area (Å²) in [5, 5.41) is 12.6. The van der Waals surface area contributed by atoms with Crippen molar-refractivity contribution in [2.75, 3.05) is 5.73 Å². The zero-order valence-electron chi connectivity index (χ0n) is 7.59. The molecule has 0 atom stereocenters. The summed E-state index contributed by atoms with van der Waals surface area (Å²) in [5.41, 5.74) is 5.92. The summed E-state index contributed by atoms with van der Waals surface area (Å²) in [7, 11) is 0. The first kappa shape index (κ1) is 9.06. The Morgan fingerprint density at radius 3 is 2.42 bits per heavy atom. The van der Waals surface area contributed by atoms with Crippen LogP contribution in [0, 0.1) is 0 Å². The molecule has 68 valence electrons. The maximum atomic E-state index is 8.97. The van der Waals surface area contributed by atoms with Crippen LogP contribution in [0.1, 0.15) is 32.1 Å². The highest BCUT2D eigenvalue weighted by Crippen LogP contribution is 2.28. The van der Waals surface area contributed by atoms with E-state index in [9.17, 15) is 0 Å². The number of nitrogen functional groups attached to an aromatic ring is 1. The minimum Gasteiger partial charge on any atom is -0.391 e. The van der Waals surface area contributed by atoms with Crippen molar-refractivity contribution >= 4 is 5.82 Å². The maximum Gasteiger partial charge on any atom is 0.172 e. The van der Waals surface area contributed by atoms with Gasteiger partial charge in [0, 0.05) is 5.41 Å². The molecule has 1 aromatic rings. The molecule has 1 heterocycles. The van der Waals surface area contributed by atoms with E-state index in [4.69, 9.17) is 15.4 Å². The van der Waals surface area contributed by atoms with E-state index >= 15 is 0 Å². The Kier molecular flexibility index (Phi) is 2.10. The summed E-state index contributed by atoms with van der Waals surface area (Å²) in [6.45, 7) is 5.81. The van der Waals surface area contributed by atoms with Crippen molar-refractivity contribution in [1.82, 2.24) is 5.16 Å². The standard InChI is InChI=1S/C8H14N2O2/c1-8(2,3)6-5(4-11)7(9)10-12-6/h11H,4H2,1-3H3,(H2,9,10). The van der Waals surface area contributed by atoms with Crippen LogP contribution in [0.4, 0.5) is 5.82 Å². The summed E-state index contributed by atoms with van der Waals surface area (Å²) < 4.78 is 5.02. The Balaban J connectivity index is 3.16. The number of nitrogens with two attached hydrogens (primary N) is 1. The molecule has 0 unspecified atom stereocenters. The molecule has 0 fully saturated rings. The number of aliphatic hydroxyl groups excluding tert-OH is 1. The summed E-state index contributed by atoms with van der Waals surface area (Å²) in [4.78, 5) is 0. The van der Waals surface area contributed by atoms with Gasteiger partial charge in [-0.05, 0) is 0 Å². The summed E-state index contributed by atoms with van der Waals surface area (Å²) in [5.74, 6) is 0.935. The molecule has 0 saturated heterocycles. The molecule has 0 aliphatic heterocycles. The second-order valence-corrected chi connectivity index (χ2v) is 3.78. The molecular formula is C8H14N2O2. The fourth-order valence-electron chi connectivity index (χ4n) is 1.06. The van der Waals surface area contributed by atoms with Crippen molar-refractivity contribution in [2.24, 2.45) is 0 Å². The first-order valence-corrected chi connectivity index (χ1v) is 3.82. The normalized spacial score (nSPS) is 12.0. The molecule has 0 radical (unpaired) electrons. The monoisotopic (exact) mass is 170 g/mol. The van der Waals surface area contributed by atoms with E-state index < -0.39 is 0 Å². The highest BCUT2D eigenvalue weighted by molar-refractivity contribution is 5.41. The zero-order valence-corrected chi connectivity index (χ0v) is 7.59. The zero-order chi connectivity index (χ0) is 9.35. The molecular weight excluding hydrogens is 156 g/mol. The highest BCUT2D eigenvalue weighted by atomic mass is 16.5. The second kappa shape index (κ2) is 2.79. The van der Waals surface area contributed by atoms with E-state index in [-0.39, 0.29) is 17.8 Å². The predicted molar refractivity (Wildman–Crippen MR) is 45.5 cm³/mol. The van der Waals surface area contributed by atoms with Crippen LogP contribution in [0.25, 0.3) is 0 Å². The quantitative estimate of drug-likeness (QED) is 0.660. The van der Waals surface area contributed by atoms with Crippen LogP contribution >= 0.6 is 0 Å². The van der Waals surface area contributed by atoms with Gasteiger partial charge in [-0.25, -0.2) is 0 Å². The molecule has 0 aromatic carbocycles. The maximum absolute atomic E-state index is 8.97. The molecule has 1 aromatic heterocycles. The highest BCUT2D eigenvalue weighted by Gasteiger charge is 2.24. The Hall–Kier alpha value is -1.03. The lowest BCUT2D eigenvalue weighted by Gasteiger charge is -2.14.